The zero-order valence-corrected chi connectivity index (χ0v) is 14.7. The number of benzene rings is 1. The van der Waals surface area contributed by atoms with E-state index < -0.39 is 5.97 Å². The summed E-state index contributed by atoms with van der Waals surface area (Å²) in [6, 6.07) is 9.60. The van der Waals surface area contributed by atoms with Crippen molar-refractivity contribution in [1.82, 2.24) is 19.9 Å². The molecule has 3 N–H and O–H groups in total. The number of esters is 1. The van der Waals surface area contributed by atoms with Crippen LogP contribution in [0.3, 0.4) is 0 Å². The van der Waals surface area contributed by atoms with Crippen molar-refractivity contribution >= 4 is 33.3 Å². The van der Waals surface area contributed by atoms with Crippen molar-refractivity contribution in [2.45, 2.75) is 6.61 Å². The lowest BCUT2D eigenvalue weighted by Crippen LogP contribution is -2.15. The first-order valence-electron chi connectivity index (χ1n) is 7.93. The van der Waals surface area contributed by atoms with E-state index >= 15 is 0 Å². The molecule has 0 aliphatic heterocycles. The number of fused-ring (bicyclic) bond motifs is 1. The van der Waals surface area contributed by atoms with Gasteiger partial charge in [0.05, 0.1) is 5.39 Å². The Bertz CT molecular complexity index is 1190. The lowest BCUT2D eigenvalue weighted by Gasteiger charge is -2.05. The number of carbonyl (C=O) groups is 1. The number of aromatic amines is 1. The number of hydrogen-bond acceptors (Lipinski definition) is 8. The van der Waals surface area contributed by atoms with Gasteiger partial charge in [-0.3, -0.25) is 4.79 Å². The zero-order chi connectivity index (χ0) is 18.8. The molecule has 8 nitrogen and oxygen atoms in total. The standard InChI is InChI=1S/C18H13N5O3S/c19-15-14(20-6-7-21-15)18(25)26-8-12-22-16(24)13-11(9-27-17(13)23-12)10-4-2-1-3-5-10/h1-7,9H,8H2,(H2,19,21)(H,22,23,24). The first-order chi connectivity index (χ1) is 13.1. The van der Waals surface area contributed by atoms with Crippen molar-refractivity contribution in [2.75, 3.05) is 5.73 Å². The number of aromatic nitrogens is 4. The monoisotopic (exact) mass is 379 g/mol. The third kappa shape index (κ3) is 3.27. The second-order valence-electron chi connectivity index (χ2n) is 5.57. The number of anilines is 1. The molecule has 3 aromatic heterocycles. The van der Waals surface area contributed by atoms with Gasteiger partial charge < -0.3 is 15.5 Å². The van der Waals surface area contributed by atoms with Gasteiger partial charge in [-0.15, -0.1) is 11.3 Å². The molecule has 27 heavy (non-hydrogen) atoms. The normalized spacial score (nSPS) is 10.8. The summed E-state index contributed by atoms with van der Waals surface area (Å²) >= 11 is 1.36. The number of nitrogens with one attached hydrogen (secondary N) is 1. The predicted molar refractivity (Wildman–Crippen MR) is 101 cm³/mol. The summed E-state index contributed by atoms with van der Waals surface area (Å²) in [5.41, 5.74) is 6.99. The predicted octanol–water partition coefficient (Wildman–Crippen LogP) is 2.38. The molecule has 0 radical (unpaired) electrons. The van der Waals surface area contributed by atoms with Gasteiger partial charge in [0.15, 0.2) is 11.5 Å². The maximum atomic E-state index is 12.6. The molecule has 0 saturated carbocycles. The Balaban J connectivity index is 1.60. The van der Waals surface area contributed by atoms with Gasteiger partial charge in [0, 0.05) is 23.3 Å². The smallest absolute Gasteiger partial charge is 0.361 e. The molecule has 0 saturated heterocycles. The summed E-state index contributed by atoms with van der Waals surface area (Å²) < 4.78 is 5.14. The van der Waals surface area contributed by atoms with E-state index in [0.717, 1.165) is 11.1 Å². The highest BCUT2D eigenvalue weighted by Gasteiger charge is 2.16. The average molecular weight is 379 g/mol. The molecule has 3 heterocycles. The molecule has 0 spiro atoms. The van der Waals surface area contributed by atoms with Crippen molar-refractivity contribution in [3.05, 3.63) is 70.0 Å². The molecular weight excluding hydrogens is 366 g/mol. The highest BCUT2D eigenvalue weighted by atomic mass is 32.1. The van der Waals surface area contributed by atoms with Crippen molar-refractivity contribution in [2.24, 2.45) is 0 Å². The largest absolute Gasteiger partial charge is 0.453 e. The lowest BCUT2D eigenvalue weighted by atomic mass is 10.1. The quantitative estimate of drug-likeness (QED) is 0.522. The molecule has 4 aromatic rings. The fraction of sp³-hybridized carbons (Fsp3) is 0.0556. The van der Waals surface area contributed by atoms with Gasteiger partial charge in [0.1, 0.15) is 17.3 Å². The summed E-state index contributed by atoms with van der Waals surface area (Å²) in [6.45, 7) is -0.210. The van der Waals surface area contributed by atoms with Gasteiger partial charge in [-0.05, 0) is 5.56 Å². The van der Waals surface area contributed by atoms with Gasteiger partial charge in [0.2, 0.25) is 0 Å². The van der Waals surface area contributed by atoms with E-state index in [1.165, 1.54) is 23.7 Å². The topological polar surface area (TPSA) is 124 Å². The average Bonchev–Trinajstić information content (AvgIpc) is 3.12. The summed E-state index contributed by atoms with van der Waals surface area (Å²) in [7, 11) is 0. The molecule has 0 atom stereocenters. The molecule has 0 fully saturated rings. The lowest BCUT2D eigenvalue weighted by molar-refractivity contribution is 0.0456. The van der Waals surface area contributed by atoms with Gasteiger partial charge in [-0.25, -0.2) is 19.7 Å². The Labute approximate surface area is 156 Å². The Kier molecular flexibility index (Phi) is 4.35. The van der Waals surface area contributed by atoms with Crippen LogP contribution >= 0.6 is 11.3 Å². The highest BCUT2D eigenvalue weighted by molar-refractivity contribution is 7.17. The van der Waals surface area contributed by atoms with Crippen LogP contribution in [0.4, 0.5) is 5.82 Å². The zero-order valence-electron chi connectivity index (χ0n) is 13.9. The molecule has 4 rings (SSSR count). The van der Waals surface area contributed by atoms with Crippen molar-refractivity contribution in [3.8, 4) is 11.1 Å². The summed E-state index contributed by atoms with van der Waals surface area (Å²) in [5, 5.41) is 2.40. The Morgan fingerprint density at radius 3 is 2.74 bits per heavy atom. The van der Waals surface area contributed by atoms with E-state index in [0.29, 0.717) is 10.2 Å². The van der Waals surface area contributed by atoms with E-state index in [1.807, 2.05) is 35.7 Å². The summed E-state index contributed by atoms with van der Waals surface area (Å²) in [6.07, 6.45) is 2.72. The number of nitrogens with zero attached hydrogens (tertiary/aromatic N) is 3. The van der Waals surface area contributed by atoms with E-state index in [4.69, 9.17) is 10.5 Å². The first-order valence-corrected chi connectivity index (χ1v) is 8.81. The molecule has 134 valence electrons. The van der Waals surface area contributed by atoms with Crippen LogP contribution in [0.2, 0.25) is 0 Å². The fourth-order valence-electron chi connectivity index (χ4n) is 2.60. The summed E-state index contributed by atoms with van der Waals surface area (Å²) in [4.78, 5) is 39.9. The molecule has 9 heteroatoms. The van der Waals surface area contributed by atoms with Gasteiger partial charge in [-0.2, -0.15) is 0 Å². The van der Waals surface area contributed by atoms with E-state index in [1.54, 1.807) is 0 Å². The fourth-order valence-corrected chi connectivity index (χ4v) is 3.57. The van der Waals surface area contributed by atoms with Crippen LogP contribution < -0.4 is 11.3 Å². The van der Waals surface area contributed by atoms with Crippen LogP contribution in [-0.4, -0.2) is 25.9 Å². The number of carbonyl (C=O) groups excluding carboxylic acids is 1. The Morgan fingerprint density at radius 1 is 1.19 bits per heavy atom. The molecule has 1 aromatic carbocycles. The molecule has 0 unspecified atom stereocenters. The minimum absolute atomic E-state index is 0.0230. The number of H-pyrrole nitrogens is 1. The number of nitrogen functional groups attached to an aromatic ring is 1. The third-order valence-electron chi connectivity index (χ3n) is 3.84. The SMILES string of the molecule is Nc1nccnc1C(=O)OCc1nc2scc(-c3ccccc3)c2c(=O)[nH]1. The molecule has 0 amide bonds. The maximum Gasteiger partial charge on any atom is 0.361 e. The molecule has 0 aliphatic rings. The number of thiophene rings is 1. The number of rotatable bonds is 4. The van der Waals surface area contributed by atoms with Gasteiger partial charge >= 0.3 is 5.97 Å². The van der Waals surface area contributed by atoms with E-state index in [9.17, 15) is 9.59 Å². The van der Waals surface area contributed by atoms with Gasteiger partial charge in [0.25, 0.3) is 5.56 Å². The van der Waals surface area contributed by atoms with Gasteiger partial charge in [-0.1, -0.05) is 30.3 Å². The molecular formula is C18H13N5O3S. The minimum Gasteiger partial charge on any atom is -0.453 e. The van der Waals surface area contributed by atoms with E-state index in [-0.39, 0.29) is 29.5 Å². The maximum absolute atomic E-state index is 12.6. The molecule has 0 aliphatic carbocycles. The van der Waals surface area contributed by atoms with Crippen LogP contribution in [0.25, 0.3) is 21.3 Å². The summed E-state index contributed by atoms with van der Waals surface area (Å²) in [5.74, 6) is -0.519. The highest BCUT2D eigenvalue weighted by Crippen LogP contribution is 2.30. The first kappa shape index (κ1) is 16.9. The van der Waals surface area contributed by atoms with Crippen molar-refractivity contribution in [1.29, 1.82) is 0 Å². The van der Waals surface area contributed by atoms with Crippen LogP contribution in [0.5, 0.6) is 0 Å². The van der Waals surface area contributed by atoms with E-state index in [2.05, 4.69) is 19.9 Å². The minimum atomic E-state index is -0.737. The number of hydrogen-bond donors (Lipinski definition) is 2. The number of nitrogens with two attached hydrogens (primary N) is 1. The van der Waals surface area contributed by atoms with Crippen LogP contribution in [0, 0.1) is 0 Å². The van der Waals surface area contributed by atoms with Crippen LogP contribution in [0.15, 0.2) is 52.9 Å². The van der Waals surface area contributed by atoms with Crippen molar-refractivity contribution in [3.63, 3.8) is 0 Å². The molecule has 0 bridgehead atoms. The van der Waals surface area contributed by atoms with Crippen LogP contribution in [-0.2, 0) is 11.3 Å². The Hall–Kier alpha value is -3.59. The van der Waals surface area contributed by atoms with Crippen molar-refractivity contribution < 1.29 is 9.53 Å². The van der Waals surface area contributed by atoms with Crippen LogP contribution in [0.1, 0.15) is 16.3 Å². The second kappa shape index (κ2) is 6.96. The second-order valence-corrected chi connectivity index (χ2v) is 6.43. The third-order valence-corrected chi connectivity index (χ3v) is 4.71. The Morgan fingerprint density at radius 2 is 1.96 bits per heavy atom. The number of ether oxygens (including phenoxy) is 1.